The van der Waals surface area contributed by atoms with Gasteiger partial charge in [0.1, 0.15) is 0 Å². The lowest BCUT2D eigenvalue weighted by Crippen LogP contribution is -2.48. The van der Waals surface area contributed by atoms with Crippen LogP contribution in [0.1, 0.15) is 5.56 Å². The van der Waals surface area contributed by atoms with E-state index in [4.69, 9.17) is 0 Å². The van der Waals surface area contributed by atoms with E-state index in [1.807, 2.05) is 0 Å². The van der Waals surface area contributed by atoms with E-state index in [9.17, 15) is 5.11 Å². The maximum Gasteiger partial charge on any atom is 0.0845 e. The number of halogens is 1. The molecule has 0 amide bonds. The van der Waals surface area contributed by atoms with Crippen molar-refractivity contribution in [1.29, 1.82) is 0 Å². The Hall–Kier alpha value is -1.93. The normalized spacial score (nSPS) is 16.8. The van der Waals surface area contributed by atoms with Crippen LogP contribution in [0.2, 0.25) is 0 Å². The largest absolute Gasteiger partial charge is 0.390 e. The summed E-state index contributed by atoms with van der Waals surface area (Å²) in [6, 6.07) is 25.8. The molecule has 5 rings (SSSR count). The molecule has 0 aliphatic carbocycles. The standard InChI is InChI=1S/C26H28IN3O/c27-21-10-11-26-24(16-21)23-8-4-5-9-25(23)30(26)19-22(31)18-29-14-12-28(13-15-29)17-20-6-2-1-3-7-20/h1-11,16,22,31H,12-15,17-19H2. The molecule has 1 aromatic heterocycles. The fraction of sp³-hybridized carbons (Fsp3) is 0.308. The van der Waals surface area contributed by atoms with Crippen molar-refractivity contribution in [3.8, 4) is 0 Å². The predicted molar refractivity (Wildman–Crippen MR) is 136 cm³/mol. The molecule has 1 N–H and O–H groups in total. The Bertz CT molecular complexity index is 1170. The lowest BCUT2D eigenvalue weighted by Gasteiger charge is -2.35. The van der Waals surface area contributed by atoms with E-state index in [1.54, 1.807) is 0 Å². The van der Waals surface area contributed by atoms with Crippen molar-refractivity contribution in [3.05, 3.63) is 81.9 Å². The summed E-state index contributed by atoms with van der Waals surface area (Å²) in [5.41, 5.74) is 3.77. The number of nitrogens with zero attached hydrogens (tertiary/aromatic N) is 3. The highest BCUT2D eigenvalue weighted by molar-refractivity contribution is 14.1. The Morgan fingerprint density at radius 2 is 1.42 bits per heavy atom. The van der Waals surface area contributed by atoms with Gasteiger partial charge in [0.05, 0.1) is 12.6 Å². The fourth-order valence-electron chi connectivity index (χ4n) is 4.76. The molecule has 0 saturated carbocycles. The van der Waals surface area contributed by atoms with Crippen LogP contribution in [-0.4, -0.2) is 58.3 Å². The van der Waals surface area contributed by atoms with E-state index in [1.165, 1.54) is 30.9 Å². The van der Waals surface area contributed by atoms with Crippen LogP contribution in [0, 0.1) is 3.57 Å². The summed E-state index contributed by atoms with van der Waals surface area (Å²) in [5, 5.41) is 13.5. The van der Waals surface area contributed by atoms with Crippen LogP contribution in [-0.2, 0) is 13.1 Å². The SMILES string of the molecule is OC(CN1CCN(Cc2ccccc2)CC1)Cn1c2ccccc2c2cc(I)ccc21. The lowest BCUT2D eigenvalue weighted by molar-refractivity contribution is 0.0634. The third-order valence-electron chi connectivity index (χ3n) is 6.31. The van der Waals surface area contributed by atoms with Gasteiger partial charge in [-0.15, -0.1) is 0 Å². The minimum Gasteiger partial charge on any atom is -0.390 e. The summed E-state index contributed by atoms with van der Waals surface area (Å²) in [4.78, 5) is 4.91. The van der Waals surface area contributed by atoms with E-state index < -0.39 is 0 Å². The molecule has 2 heterocycles. The molecule has 3 aromatic carbocycles. The van der Waals surface area contributed by atoms with Gasteiger partial charge < -0.3 is 9.67 Å². The van der Waals surface area contributed by atoms with Gasteiger partial charge in [-0.2, -0.15) is 0 Å². The first-order valence-corrected chi connectivity index (χ1v) is 12.1. The monoisotopic (exact) mass is 525 g/mol. The smallest absolute Gasteiger partial charge is 0.0845 e. The van der Waals surface area contributed by atoms with Gasteiger partial charge in [-0.1, -0.05) is 48.5 Å². The molecule has 31 heavy (non-hydrogen) atoms. The number of para-hydroxylation sites is 1. The van der Waals surface area contributed by atoms with Gasteiger partial charge in [0.2, 0.25) is 0 Å². The Kier molecular flexibility index (Phi) is 6.27. The van der Waals surface area contributed by atoms with Crippen LogP contribution in [0.5, 0.6) is 0 Å². The fourth-order valence-corrected chi connectivity index (χ4v) is 5.25. The van der Waals surface area contributed by atoms with Crippen molar-refractivity contribution in [2.24, 2.45) is 0 Å². The highest BCUT2D eigenvalue weighted by Gasteiger charge is 2.20. The first-order valence-electron chi connectivity index (χ1n) is 11.0. The molecular weight excluding hydrogens is 497 g/mol. The number of piperazine rings is 1. The zero-order valence-corrected chi connectivity index (χ0v) is 19.8. The van der Waals surface area contributed by atoms with Gasteiger partial charge in [0.25, 0.3) is 0 Å². The molecule has 0 radical (unpaired) electrons. The van der Waals surface area contributed by atoms with Gasteiger partial charge in [0, 0.05) is 64.6 Å². The first-order chi connectivity index (χ1) is 15.2. The predicted octanol–water partition coefficient (Wildman–Crippen LogP) is 4.58. The number of aliphatic hydroxyl groups is 1. The van der Waals surface area contributed by atoms with Crippen molar-refractivity contribution in [2.75, 3.05) is 32.7 Å². The maximum atomic E-state index is 11.0. The average Bonchev–Trinajstić information content (AvgIpc) is 3.09. The minimum absolute atomic E-state index is 0.390. The molecule has 4 nitrogen and oxygen atoms in total. The number of hydrogen-bond donors (Lipinski definition) is 1. The van der Waals surface area contributed by atoms with E-state index >= 15 is 0 Å². The highest BCUT2D eigenvalue weighted by atomic mass is 127. The van der Waals surface area contributed by atoms with Crippen LogP contribution >= 0.6 is 22.6 Å². The van der Waals surface area contributed by atoms with Crippen molar-refractivity contribution >= 4 is 44.4 Å². The zero-order valence-electron chi connectivity index (χ0n) is 17.6. The maximum absolute atomic E-state index is 11.0. The number of aromatic nitrogens is 1. The van der Waals surface area contributed by atoms with Crippen molar-refractivity contribution < 1.29 is 5.11 Å². The molecule has 0 bridgehead atoms. The van der Waals surface area contributed by atoms with Gasteiger partial charge in [-0.25, -0.2) is 0 Å². The van der Waals surface area contributed by atoms with Crippen molar-refractivity contribution in [1.82, 2.24) is 14.4 Å². The second kappa shape index (κ2) is 9.28. The second-order valence-electron chi connectivity index (χ2n) is 8.51. The Morgan fingerprint density at radius 1 is 0.742 bits per heavy atom. The minimum atomic E-state index is -0.390. The van der Waals surface area contributed by atoms with Gasteiger partial charge >= 0.3 is 0 Å². The van der Waals surface area contributed by atoms with Crippen molar-refractivity contribution in [3.63, 3.8) is 0 Å². The molecule has 1 unspecified atom stereocenters. The van der Waals surface area contributed by atoms with Crippen LogP contribution in [0.3, 0.4) is 0 Å². The Morgan fingerprint density at radius 3 is 2.23 bits per heavy atom. The second-order valence-corrected chi connectivity index (χ2v) is 9.75. The Balaban J connectivity index is 1.24. The molecule has 1 aliphatic heterocycles. The molecule has 0 spiro atoms. The summed E-state index contributed by atoms with van der Waals surface area (Å²) < 4.78 is 3.53. The van der Waals surface area contributed by atoms with Crippen LogP contribution in [0.4, 0.5) is 0 Å². The highest BCUT2D eigenvalue weighted by Crippen LogP contribution is 2.30. The van der Waals surface area contributed by atoms with Crippen LogP contribution < -0.4 is 0 Å². The molecule has 1 atom stereocenters. The molecular formula is C26H28IN3O. The number of β-amino-alcohol motifs (C(OH)–C–C–N with tert-alkyl or cyclic N) is 1. The topological polar surface area (TPSA) is 31.6 Å². The molecule has 1 aliphatic rings. The lowest BCUT2D eigenvalue weighted by atomic mass is 10.2. The summed E-state index contributed by atoms with van der Waals surface area (Å²) in [5.74, 6) is 0. The molecule has 1 fully saturated rings. The number of fused-ring (bicyclic) bond motifs is 3. The van der Waals surface area contributed by atoms with E-state index in [2.05, 4.69) is 110 Å². The quantitative estimate of drug-likeness (QED) is 0.374. The van der Waals surface area contributed by atoms with Crippen LogP contribution in [0.15, 0.2) is 72.8 Å². The summed E-state index contributed by atoms with van der Waals surface area (Å²) >= 11 is 2.37. The molecule has 5 heteroatoms. The third kappa shape index (κ3) is 4.65. The van der Waals surface area contributed by atoms with E-state index in [0.717, 1.165) is 39.3 Å². The first kappa shape index (κ1) is 20.9. The molecule has 1 saturated heterocycles. The van der Waals surface area contributed by atoms with E-state index in [0.29, 0.717) is 6.54 Å². The summed E-state index contributed by atoms with van der Waals surface area (Å²) in [6.45, 7) is 6.47. The van der Waals surface area contributed by atoms with Gasteiger partial charge in [-0.05, 0) is 52.4 Å². The Labute approximate surface area is 197 Å². The average molecular weight is 525 g/mol. The summed E-state index contributed by atoms with van der Waals surface area (Å²) in [6.07, 6.45) is -0.390. The number of rotatable bonds is 6. The van der Waals surface area contributed by atoms with Gasteiger partial charge in [0.15, 0.2) is 0 Å². The number of aliphatic hydroxyl groups excluding tert-OH is 1. The van der Waals surface area contributed by atoms with Crippen LogP contribution in [0.25, 0.3) is 21.8 Å². The van der Waals surface area contributed by atoms with Crippen molar-refractivity contribution in [2.45, 2.75) is 19.2 Å². The van der Waals surface area contributed by atoms with E-state index in [-0.39, 0.29) is 6.10 Å². The van der Waals surface area contributed by atoms with Gasteiger partial charge in [-0.3, -0.25) is 9.80 Å². The third-order valence-corrected chi connectivity index (χ3v) is 6.98. The number of hydrogen-bond acceptors (Lipinski definition) is 3. The molecule has 4 aromatic rings. The zero-order chi connectivity index (χ0) is 21.2. The molecule has 160 valence electrons. The summed E-state index contributed by atoms with van der Waals surface area (Å²) in [7, 11) is 0. The number of benzene rings is 3.